The maximum atomic E-state index is 13.3. The molecule has 3 amide bonds. The number of anilines is 2. The molecule has 1 aromatic heterocycles. The van der Waals surface area contributed by atoms with E-state index in [1.54, 1.807) is 54.6 Å². The number of hydrogen-bond acceptors (Lipinski definition) is 7. The van der Waals surface area contributed by atoms with Crippen LogP contribution < -0.4 is 10.2 Å². The molecule has 0 spiro atoms. The Balaban J connectivity index is 1.42. The van der Waals surface area contributed by atoms with Crippen LogP contribution in [-0.2, 0) is 10.0 Å². The van der Waals surface area contributed by atoms with Gasteiger partial charge in [-0.2, -0.15) is 4.31 Å². The Morgan fingerprint density at radius 2 is 1.54 bits per heavy atom. The molecule has 0 radical (unpaired) electrons. The highest BCUT2D eigenvalue weighted by Crippen LogP contribution is 2.33. The number of imide groups is 1. The lowest BCUT2D eigenvalue weighted by Gasteiger charge is -2.20. The zero-order valence-electron chi connectivity index (χ0n) is 21.4. The molecule has 1 aliphatic heterocycles. The summed E-state index contributed by atoms with van der Waals surface area (Å²) in [5, 5.41) is 3.01. The van der Waals surface area contributed by atoms with Crippen LogP contribution in [0.1, 0.15) is 57.8 Å². The summed E-state index contributed by atoms with van der Waals surface area (Å²) in [5.41, 5.74) is 1.41. The van der Waals surface area contributed by atoms with Crippen LogP contribution in [0.25, 0.3) is 10.2 Å². The summed E-state index contributed by atoms with van der Waals surface area (Å²) < 4.78 is 28.5. The maximum absolute atomic E-state index is 13.3. The molecule has 0 saturated heterocycles. The molecular formula is C28H26N4O5S2. The van der Waals surface area contributed by atoms with Crippen molar-refractivity contribution >= 4 is 60.1 Å². The van der Waals surface area contributed by atoms with E-state index in [1.165, 1.54) is 16.4 Å². The number of thiazole rings is 1. The number of hydrogen-bond donors (Lipinski definition) is 1. The molecule has 39 heavy (non-hydrogen) atoms. The van der Waals surface area contributed by atoms with Crippen molar-refractivity contribution in [3.63, 3.8) is 0 Å². The lowest BCUT2D eigenvalue weighted by atomic mass is 10.1. The summed E-state index contributed by atoms with van der Waals surface area (Å²) in [5.74, 6) is -1.54. The van der Waals surface area contributed by atoms with Crippen LogP contribution in [0.15, 0.2) is 71.6 Å². The van der Waals surface area contributed by atoms with Crippen LogP contribution in [0.2, 0.25) is 0 Å². The number of nitrogens with zero attached hydrogens (tertiary/aromatic N) is 3. The Hall–Kier alpha value is -3.93. The summed E-state index contributed by atoms with van der Waals surface area (Å²) in [6, 6.07) is 17.6. The van der Waals surface area contributed by atoms with Gasteiger partial charge in [-0.05, 0) is 55.3 Å². The number of para-hydroxylation sites is 1. The van der Waals surface area contributed by atoms with Gasteiger partial charge in [-0.1, -0.05) is 49.4 Å². The highest BCUT2D eigenvalue weighted by Gasteiger charge is 2.38. The van der Waals surface area contributed by atoms with Gasteiger partial charge in [-0.3, -0.25) is 19.7 Å². The van der Waals surface area contributed by atoms with Crippen molar-refractivity contribution in [2.24, 2.45) is 0 Å². The first-order chi connectivity index (χ1) is 18.8. The van der Waals surface area contributed by atoms with Crippen LogP contribution in [0, 0.1) is 0 Å². The molecule has 1 aliphatic rings. The van der Waals surface area contributed by atoms with Crippen molar-refractivity contribution < 1.29 is 22.8 Å². The third-order valence-corrected chi connectivity index (χ3v) is 9.18. The molecule has 5 rings (SSSR count). The molecule has 9 nitrogen and oxygen atoms in total. The number of amides is 3. The molecule has 0 aliphatic carbocycles. The van der Waals surface area contributed by atoms with Gasteiger partial charge in [0.15, 0.2) is 5.13 Å². The molecule has 0 atom stereocenters. The topological polar surface area (TPSA) is 117 Å². The molecule has 200 valence electrons. The van der Waals surface area contributed by atoms with Gasteiger partial charge in [0.2, 0.25) is 10.0 Å². The van der Waals surface area contributed by atoms with Gasteiger partial charge in [-0.25, -0.2) is 18.3 Å². The monoisotopic (exact) mass is 562 g/mol. The maximum Gasteiger partial charge on any atom is 0.266 e. The van der Waals surface area contributed by atoms with E-state index < -0.39 is 27.7 Å². The lowest BCUT2D eigenvalue weighted by Crippen LogP contribution is -2.32. The van der Waals surface area contributed by atoms with Crippen LogP contribution in [0.5, 0.6) is 0 Å². The summed E-state index contributed by atoms with van der Waals surface area (Å²) in [7, 11) is -3.67. The molecule has 1 N–H and O–H groups in total. The average Bonchev–Trinajstić information content (AvgIpc) is 3.45. The van der Waals surface area contributed by atoms with Crippen LogP contribution in [0.4, 0.5) is 10.8 Å². The van der Waals surface area contributed by atoms with Crippen molar-refractivity contribution in [2.75, 3.05) is 23.3 Å². The quantitative estimate of drug-likeness (QED) is 0.282. The number of carbonyl (C=O) groups excluding carboxylic acids is 3. The standard InChI is InChI=1S/C28H26N4O5S2/c1-3-15-31(16-4-2)39(36,37)18-13-14-22-24(17-18)38-28(29-22)30-25(33)21-11-7-8-12-23(21)32-26(34)19-9-5-6-10-20(19)27(32)35/h5-14,17H,3-4,15-16H2,1-2H3,(H,29,30,33). The van der Waals surface area contributed by atoms with Crippen molar-refractivity contribution in [3.05, 3.63) is 83.4 Å². The number of aromatic nitrogens is 1. The smallest absolute Gasteiger partial charge is 0.266 e. The normalized spacial score (nSPS) is 13.4. The Bertz CT molecular complexity index is 1670. The molecule has 0 saturated carbocycles. The minimum absolute atomic E-state index is 0.129. The van der Waals surface area contributed by atoms with Gasteiger partial charge in [-0.15, -0.1) is 0 Å². The van der Waals surface area contributed by atoms with E-state index >= 15 is 0 Å². The molecule has 3 aromatic carbocycles. The Kier molecular flexibility index (Phi) is 7.30. The van der Waals surface area contributed by atoms with Crippen molar-refractivity contribution in [1.82, 2.24) is 9.29 Å². The van der Waals surface area contributed by atoms with Gasteiger partial charge in [0.25, 0.3) is 17.7 Å². The van der Waals surface area contributed by atoms with E-state index in [4.69, 9.17) is 0 Å². The molecular weight excluding hydrogens is 536 g/mol. The highest BCUT2D eigenvalue weighted by molar-refractivity contribution is 7.89. The van der Waals surface area contributed by atoms with Gasteiger partial charge in [0, 0.05) is 13.1 Å². The van der Waals surface area contributed by atoms with E-state index in [0.717, 1.165) is 16.2 Å². The van der Waals surface area contributed by atoms with Gasteiger partial charge < -0.3 is 0 Å². The van der Waals surface area contributed by atoms with E-state index in [9.17, 15) is 22.8 Å². The van der Waals surface area contributed by atoms with E-state index in [1.807, 2.05) is 13.8 Å². The zero-order chi connectivity index (χ0) is 27.7. The number of sulfonamides is 1. The fraction of sp³-hybridized carbons (Fsp3) is 0.214. The number of fused-ring (bicyclic) bond motifs is 2. The first-order valence-corrected chi connectivity index (χ1v) is 14.8. The Morgan fingerprint density at radius 1 is 0.923 bits per heavy atom. The molecule has 2 heterocycles. The van der Waals surface area contributed by atoms with E-state index in [0.29, 0.717) is 36.1 Å². The fourth-order valence-corrected chi connectivity index (χ4v) is 7.18. The number of nitrogens with one attached hydrogen (secondary N) is 1. The van der Waals surface area contributed by atoms with E-state index in [-0.39, 0.29) is 32.4 Å². The van der Waals surface area contributed by atoms with Crippen molar-refractivity contribution in [3.8, 4) is 0 Å². The lowest BCUT2D eigenvalue weighted by molar-refractivity contribution is 0.0926. The first-order valence-electron chi connectivity index (χ1n) is 12.5. The number of benzene rings is 3. The van der Waals surface area contributed by atoms with Crippen molar-refractivity contribution in [2.45, 2.75) is 31.6 Å². The van der Waals surface area contributed by atoms with Gasteiger partial charge >= 0.3 is 0 Å². The third-order valence-electron chi connectivity index (χ3n) is 6.35. The van der Waals surface area contributed by atoms with Crippen LogP contribution in [0.3, 0.4) is 0 Å². The molecule has 0 bridgehead atoms. The SMILES string of the molecule is CCCN(CCC)S(=O)(=O)c1ccc2nc(NC(=O)c3ccccc3N3C(=O)c4ccccc4C3=O)sc2c1. The number of rotatable bonds is 9. The van der Waals surface area contributed by atoms with E-state index in [2.05, 4.69) is 10.3 Å². The summed E-state index contributed by atoms with van der Waals surface area (Å²) in [6.45, 7) is 4.74. The molecule has 0 fully saturated rings. The Labute approximate surface area is 230 Å². The Morgan fingerprint density at radius 3 is 2.18 bits per heavy atom. The predicted octanol–water partition coefficient (Wildman–Crippen LogP) is 5.16. The van der Waals surface area contributed by atoms with Crippen LogP contribution in [-0.4, -0.2) is 48.5 Å². The largest absolute Gasteiger partial charge is 0.298 e. The minimum Gasteiger partial charge on any atom is -0.298 e. The zero-order valence-corrected chi connectivity index (χ0v) is 23.0. The highest BCUT2D eigenvalue weighted by atomic mass is 32.2. The average molecular weight is 563 g/mol. The second kappa shape index (κ2) is 10.7. The predicted molar refractivity (Wildman–Crippen MR) is 151 cm³/mol. The molecule has 0 unspecified atom stereocenters. The summed E-state index contributed by atoms with van der Waals surface area (Å²) in [4.78, 5) is 45.0. The second-order valence-corrected chi connectivity index (χ2v) is 12.0. The van der Waals surface area contributed by atoms with Crippen molar-refractivity contribution in [1.29, 1.82) is 0 Å². The summed E-state index contributed by atoms with van der Waals surface area (Å²) in [6.07, 6.45) is 1.42. The minimum atomic E-state index is -3.67. The van der Waals surface area contributed by atoms with Gasteiger partial charge in [0.1, 0.15) is 0 Å². The third kappa shape index (κ3) is 4.84. The molecule has 11 heteroatoms. The molecule has 4 aromatic rings. The first kappa shape index (κ1) is 26.7. The second-order valence-electron chi connectivity index (χ2n) is 9.02. The fourth-order valence-electron chi connectivity index (χ4n) is 4.55. The van der Waals surface area contributed by atoms with Gasteiger partial charge in [0.05, 0.1) is 37.5 Å². The number of carbonyl (C=O) groups is 3. The van der Waals surface area contributed by atoms with Crippen LogP contribution >= 0.6 is 11.3 Å². The summed E-state index contributed by atoms with van der Waals surface area (Å²) >= 11 is 1.14.